The standard InChI is InChI=1S/C16H18ClFN4O3S3/c1-26-16-21-20-15(27-16)19-14(23)10-5-7-22(8-6-10)28(24,25)9-11-12(17)3-2-4-13(11)18/h2-4,10H,5-9H2,1H3,(H,19,20,23). The van der Waals surface area contributed by atoms with Gasteiger partial charge >= 0.3 is 0 Å². The number of hydrogen-bond acceptors (Lipinski definition) is 7. The second kappa shape index (κ2) is 9.04. The van der Waals surface area contributed by atoms with Gasteiger partial charge in [-0.15, -0.1) is 10.2 Å². The van der Waals surface area contributed by atoms with Crippen molar-refractivity contribution < 1.29 is 17.6 Å². The molecular formula is C16H18ClFN4O3S3. The summed E-state index contributed by atoms with van der Waals surface area (Å²) in [5.74, 6) is -1.66. The van der Waals surface area contributed by atoms with E-state index in [1.54, 1.807) is 0 Å². The molecule has 0 bridgehead atoms. The number of aromatic nitrogens is 2. The Balaban J connectivity index is 1.58. The van der Waals surface area contributed by atoms with Gasteiger partial charge in [0.15, 0.2) is 4.34 Å². The van der Waals surface area contributed by atoms with Gasteiger partial charge in [0.1, 0.15) is 5.82 Å². The average molecular weight is 465 g/mol. The molecule has 2 aromatic rings. The monoisotopic (exact) mass is 464 g/mol. The minimum absolute atomic E-state index is 0.0371. The van der Waals surface area contributed by atoms with Crippen LogP contribution in [0.15, 0.2) is 22.5 Å². The molecule has 0 saturated carbocycles. The van der Waals surface area contributed by atoms with E-state index in [2.05, 4.69) is 15.5 Å². The van der Waals surface area contributed by atoms with E-state index < -0.39 is 21.6 Å². The Morgan fingerprint density at radius 3 is 2.71 bits per heavy atom. The first-order chi connectivity index (χ1) is 13.3. The normalized spacial score (nSPS) is 16.2. The molecule has 0 spiro atoms. The maximum atomic E-state index is 13.9. The highest BCUT2D eigenvalue weighted by molar-refractivity contribution is 8.00. The molecule has 0 atom stereocenters. The van der Waals surface area contributed by atoms with Crippen LogP contribution in [-0.2, 0) is 20.6 Å². The van der Waals surface area contributed by atoms with Crippen molar-refractivity contribution in [3.05, 3.63) is 34.6 Å². The van der Waals surface area contributed by atoms with Crippen LogP contribution < -0.4 is 5.32 Å². The van der Waals surface area contributed by atoms with Crippen LogP contribution in [0.4, 0.5) is 9.52 Å². The lowest BCUT2D eigenvalue weighted by Gasteiger charge is -2.30. The summed E-state index contributed by atoms with van der Waals surface area (Å²) in [6, 6.07) is 4.07. The number of anilines is 1. The van der Waals surface area contributed by atoms with Crippen molar-refractivity contribution in [2.45, 2.75) is 22.9 Å². The fraction of sp³-hybridized carbons (Fsp3) is 0.438. The number of thioether (sulfide) groups is 1. The number of nitrogens with one attached hydrogen (secondary N) is 1. The number of sulfonamides is 1. The average Bonchev–Trinajstić information content (AvgIpc) is 3.12. The first-order valence-corrected chi connectivity index (χ1v) is 12.4. The second-order valence-corrected chi connectivity index (χ2v) is 10.6. The summed E-state index contributed by atoms with van der Waals surface area (Å²) >= 11 is 8.67. The number of rotatable bonds is 6. The smallest absolute Gasteiger partial charge is 0.229 e. The van der Waals surface area contributed by atoms with E-state index in [4.69, 9.17) is 11.6 Å². The molecule has 0 aliphatic carbocycles. The Labute approximate surface area is 175 Å². The van der Waals surface area contributed by atoms with Gasteiger partial charge in [-0.1, -0.05) is 40.8 Å². The van der Waals surface area contributed by atoms with Gasteiger partial charge < -0.3 is 5.32 Å². The maximum absolute atomic E-state index is 13.9. The summed E-state index contributed by atoms with van der Waals surface area (Å²) in [4.78, 5) is 12.4. The number of benzene rings is 1. The quantitative estimate of drug-likeness (QED) is 0.521. The molecule has 1 aliphatic rings. The highest BCUT2D eigenvalue weighted by Crippen LogP contribution is 2.28. The van der Waals surface area contributed by atoms with Gasteiger partial charge in [0, 0.05) is 29.6 Å². The molecule has 1 aromatic heterocycles. The molecule has 12 heteroatoms. The Kier molecular flexibility index (Phi) is 6.92. The maximum Gasteiger partial charge on any atom is 0.229 e. The van der Waals surface area contributed by atoms with Gasteiger partial charge in [-0.05, 0) is 31.2 Å². The third-order valence-electron chi connectivity index (χ3n) is 4.42. The third-order valence-corrected chi connectivity index (χ3v) is 8.39. The zero-order valence-corrected chi connectivity index (χ0v) is 18.1. The van der Waals surface area contributed by atoms with E-state index in [1.807, 2.05) is 6.26 Å². The van der Waals surface area contributed by atoms with E-state index in [0.29, 0.717) is 18.0 Å². The fourth-order valence-electron chi connectivity index (χ4n) is 2.89. The molecule has 0 unspecified atom stereocenters. The molecule has 0 radical (unpaired) electrons. The van der Waals surface area contributed by atoms with Crippen molar-refractivity contribution in [2.75, 3.05) is 24.7 Å². The Morgan fingerprint density at radius 2 is 2.11 bits per heavy atom. The Hall–Kier alpha value is -1.27. The zero-order chi connectivity index (χ0) is 20.3. The summed E-state index contributed by atoms with van der Waals surface area (Å²) in [6.07, 6.45) is 2.63. The van der Waals surface area contributed by atoms with Crippen molar-refractivity contribution >= 4 is 55.8 Å². The predicted molar refractivity (Wildman–Crippen MR) is 109 cm³/mol. The molecule has 1 aliphatic heterocycles. The first kappa shape index (κ1) is 21.4. The van der Waals surface area contributed by atoms with Crippen LogP contribution in [-0.4, -0.2) is 48.2 Å². The van der Waals surface area contributed by atoms with Gasteiger partial charge in [0.05, 0.1) is 5.75 Å². The third kappa shape index (κ3) is 5.01. The Bertz CT molecular complexity index is 942. The van der Waals surface area contributed by atoms with Crippen LogP contribution in [0.3, 0.4) is 0 Å². The van der Waals surface area contributed by atoms with Gasteiger partial charge in [-0.2, -0.15) is 0 Å². The SMILES string of the molecule is CSc1nnc(NC(=O)C2CCN(S(=O)(=O)Cc3c(F)cccc3Cl)CC2)s1. The van der Waals surface area contributed by atoms with E-state index in [-0.39, 0.29) is 35.5 Å². The second-order valence-electron chi connectivity index (χ2n) is 6.20. The molecule has 1 saturated heterocycles. The summed E-state index contributed by atoms with van der Waals surface area (Å²) in [7, 11) is -3.74. The van der Waals surface area contributed by atoms with Gasteiger partial charge in [-0.25, -0.2) is 17.1 Å². The van der Waals surface area contributed by atoms with Crippen molar-refractivity contribution in [3.8, 4) is 0 Å². The highest BCUT2D eigenvalue weighted by atomic mass is 35.5. The van der Waals surface area contributed by atoms with Crippen LogP contribution >= 0.6 is 34.7 Å². The molecule has 1 amide bonds. The van der Waals surface area contributed by atoms with Crippen molar-refractivity contribution in [2.24, 2.45) is 5.92 Å². The number of halogens is 2. The molecular weight excluding hydrogens is 447 g/mol. The fourth-order valence-corrected chi connectivity index (χ4v) is 5.98. The van der Waals surface area contributed by atoms with Crippen LogP contribution in [0, 0.1) is 11.7 Å². The zero-order valence-electron chi connectivity index (χ0n) is 14.9. The molecule has 28 heavy (non-hydrogen) atoms. The van der Waals surface area contributed by atoms with E-state index >= 15 is 0 Å². The molecule has 2 heterocycles. The summed E-state index contributed by atoms with van der Waals surface area (Å²) in [5.41, 5.74) is -0.0371. The Morgan fingerprint density at radius 1 is 1.39 bits per heavy atom. The number of amides is 1. The first-order valence-electron chi connectivity index (χ1n) is 8.39. The highest BCUT2D eigenvalue weighted by Gasteiger charge is 2.32. The summed E-state index contributed by atoms with van der Waals surface area (Å²) < 4.78 is 41.2. The molecule has 3 rings (SSSR count). The number of carbonyl (C=O) groups excluding carboxylic acids is 1. The van der Waals surface area contributed by atoms with E-state index in [1.165, 1.54) is 45.6 Å². The number of carbonyl (C=O) groups is 1. The van der Waals surface area contributed by atoms with Gasteiger partial charge in [-0.3, -0.25) is 4.79 Å². The van der Waals surface area contributed by atoms with Crippen molar-refractivity contribution in [1.82, 2.24) is 14.5 Å². The van der Waals surface area contributed by atoms with Crippen LogP contribution in [0.2, 0.25) is 5.02 Å². The lowest BCUT2D eigenvalue weighted by molar-refractivity contribution is -0.120. The summed E-state index contributed by atoms with van der Waals surface area (Å²) in [5, 5.41) is 11.1. The van der Waals surface area contributed by atoms with Crippen molar-refractivity contribution in [3.63, 3.8) is 0 Å². The van der Waals surface area contributed by atoms with E-state index in [9.17, 15) is 17.6 Å². The molecule has 1 aromatic carbocycles. The topological polar surface area (TPSA) is 92.3 Å². The lowest BCUT2D eigenvalue weighted by atomic mass is 9.97. The molecule has 152 valence electrons. The van der Waals surface area contributed by atoms with Gasteiger partial charge in [0.2, 0.25) is 21.1 Å². The largest absolute Gasteiger partial charge is 0.300 e. The van der Waals surface area contributed by atoms with Crippen LogP contribution in [0.1, 0.15) is 18.4 Å². The number of nitrogens with zero attached hydrogens (tertiary/aromatic N) is 3. The lowest BCUT2D eigenvalue weighted by Crippen LogP contribution is -2.42. The number of piperidine rings is 1. The summed E-state index contributed by atoms with van der Waals surface area (Å²) in [6.45, 7) is 0.386. The molecule has 1 N–H and O–H groups in total. The van der Waals surface area contributed by atoms with Crippen LogP contribution in [0.25, 0.3) is 0 Å². The van der Waals surface area contributed by atoms with Crippen LogP contribution in [0.5, 0.6) is 0 Å². The van der Waals surface area contributed by atoms with E-state index in [0.717, 1.165) is 4.34 Å². The predicted octanol–water partition coefficient (Wildman–Crippen LogP) is 3.23. The number of hydrogen-bond donors (Lipinski definition) is 1. The molecule has 1 fully saturated rings. The minimum Gasteiger partial charge on any atom is -0.300 e. The molecule has 7 nitrogen and oxygen atoms in total. The van der Waals surface area contributed by atoms with Gasteiger partial charge in [0.25, 0.3) is 0 Å². The minimum atomic E-state index is -3.74. The van der Waals surface area contributed by atoms with Crippen molar-refractivity contribution in [1.29, 1.82) is 0 Å².